The Balaban J connectivity index is 2.23. The fourth-order valence-corrected chi connectivity index (χ4v) is 2.04. The van der Waals surface area contributed by atoms with Gasteiger partial charge in [0.05, 0.1) is 13.7 Å². The number of hydrogen-bond donors (Lipinski definition) is 1. The van der Waals surface area contributed by atoms with Crippen LogP contribution < -0.4 is 14.8 Å². The van der Waals surface area contributed by atoms with Gasteiger partial charge in [-0.25, -0.2) is 0 Å². The Morgan fingerprint density at radius 2 is 2.05 bits per heavy atom. The number of nitrogens with zero attached hydrogens (tertiary/aromatic N) is 2. The normalized spacial score (nSPS) is 11.2. The Labute approximate surface area is 134 Å². The molecule has 124 valence electrons. The van der Waals surface area contributed by atoms with Gasteiger partial charge in [0.15, 0.2) is 5.96 Å². The molecule has 5 nitrogen and oxygen atoms in total. The highest BCUT2D eigenvalue weighted by atomic mass is 16.5. The Hall–Kier alpha value is -1.91. The lowest BCUT2D eigenvalue weighted by Crippen LogP contribution is -2.40. The Morgan fingerprint density at radius 3 is 2.73 bits per heavy atom. The van der Waals surface area contributed by atoms with Gasteiger partial charge in [0, 0.05) is 33.3 Å². The van der Waals surface area contributed by atoms with Gasteiger partial charge in [0.25, 0.3) is 0 Å². The molecule has 0 heterocycles. The van der Waals surface area contributed by atoms with Crippen molar-refractivity contribution in [3.8, 4) is 11.5 Å². The van der Waals surface area contributed by atoms with Crippen LogP contribution >= 0.6 is 0 Å². The van der Waals surface area contributed by atoms with Crippen LogP contribution in [0.3, 0.4) is 0 Å². The molecule has 0 saturated heterocycles. The minimum absolute atomic E-state index is 0.663. The van der Waals surface area contributed by atoms with Crippen LogP contribution in [-0.4, -0.2) is 51.8 Å². The van der Waals surface area contributed by atoms with Gasteiger partial charge in [-0.15, -0.1) is 0 Å². The van der Waals surface area contributed by atoms with Gasteiger partial charge < -0.3 is 19.7 Å². The maximum Gasteiger partial charge on any atom is 0.193 e. The molecule has 0 saturated carbocycles. The van der Waals surface area contributed by atoms with Crippen LogP contribution in [0.25, 0.3) is 0 Å². The van der Waals surface area contributed by atoms with Gasteiger partial charge in [-0.1, -0.05) is 19.4 Å². The predicted molar refractivity (Wildman–Crippen MR) is 92.0 cm³/mol. The lowest BCUT2D eigenvalue weighted by molar-refractivity contribution is 0.307. The van der Waals surface area contributed by atoms with E-state index in [1.54, 1.807) is 7.11 Å². The van der Waals surface area contributed by atoms with E-state index in [1.165, 1.54) is 12.8 Å². The standard InChI is InChI=1S/C17H29N3O2/c1-5-6-12-20(3)17(18-2)19-11-8-13-22-16-10-7-9-15(14-16)21-4/h7,9-10,14H,5-6,8,11-13H2,1-4H3,(H,18,19). The van der Waals surface area contributed by atoms with E-state index in [-0.39, 0.29) is 0 Å². The van der Waals surface area contributed by atoms with Crippen molar-refractivity contribution in [3.05, 3.63) is 24.3 Å². The first-order valence-electron chi connectivity index (χ1n) is 7.90. The molecule has 1 aromatic rings. The SMILES string of the molecule is CCCCN(C)C(=NC)NCCCOc1cccc(OC)c1. The summed E-state index contributed by atoms with van der Waals surface area (Å²) in [5, 5.41) is 3.36. The Bertz CT molecular complexity index is 449. The molecule has 1 rings (SSSR count). The van der Waals surface area contributed by atoms with Crippen molar-refractivity contribution in [2.45, 2.75) is 26.2 Å². The molecule has 0 aliphatic carbocycles. The third kappa shape index (κ3) is 6.70. The van der Waals surface area contributed by atoms with Gasteiger partial charge in [-0.05, 0) is 25.0 Å². The van der Waals surface area contributed by atoms with Crippen molar-refractivity contribution in [2.75, 3.05) is 40.9 Å². The van der Waals surface area contributed by atoms with E-state index in [0.29, 0.717) is 6.61 Å². The molecule has 0 aliphatic rings. The van der Waals surface area contributed by atoms with E-state index < -0.39 is 0 Å². The molecular weight excluding hydrogens is 278 g/mol. The van der Waals surface area contributed by atoms with Crippen LogP contribution in [0, 0.1) is 0 Å². The molecule has 0 aromatic heterocycles. The molecule has 0 amide bonds. The number of nitrogens with one attached hydrogen (secondary N) is 1. The van der Waals surface area contributed by atoms with E-state index in [9.17, 15) is 0 Å². The minimum Gasteiger partial charge on any atom is -0.497 e. The number of ether oxygens (including phenoxy) is 2. The third-order valence-electron chi connectivity index (χ3n) is 3.33. The molecule has 0 aliphatic heterocycles. The Morgan fingerprint density at radius 1 is 1.27 bits per heavy atom. The first kappa shape index (κ1) is 18.1. The van der Waals surface area contributed by atoms with Gasteiger partial charge in [0.1, 0.15) is 11.5 Å². The van der Waals surface area contributed by atoms with Crippen molar-refractivity contribution in [3.63, 3.8) is 0 Å². The minimum atomic E-state index is 0.663. The summed E-state index contributed by atoms with van der Waals surface area (Å²) >= 11 is 0. The summed E-state index contributed by atoms with van der Waals surface area (Å²) < 4.78 is 10.9. The maximum absolute atomic E-state index is 5.72. The zero-order valence-corrected chi connectivity index (χ0v) is 14.3. The molecule has 0 radical (unpaired) electrons. The molecule has 0 unspecified atom stereocenters. The second kappa shape index (κ2) is 10.8. The maximum atomic E-state index is 5.72. The molecule has 0 spiro atoms. The molecule has 1 N–H and O–H groups in total. The zero-order chi connectivity index (χ0) is 16.2. The molecule has 22 heavy (non-hydrogen) atoms. The van der Waals surface area contributed by atoms with E-state index >= 15 is 0 Å². The largest absolute Gasteiger partial charge is 0.497 e. The predicted octanol–water partition coefficient (Wildman–Crippen LogP) is 2.77. The highest BCUT2D eigenvalue weighted by Gasteiger charge is 2.04. The quantitative estimate of drug-likeness (QED) is 0.433. The van der Waals surface area contributed by atoms with Crippen LogP contribution in [0.1, 0.15) is 26.2 Å². The smallest absolute Gasteiger partial charge is 0.193 e. The second-order valence-electron chi connectivity index (χ2n) is 5.13. The number of benzene rings is 1. The van der Waals surface area contributed by atoms with Gasteiger partial charge in [-0.2, -0.15) is 0 Å². The third-order valence-corrected chi connectivity index (χ3v) is 3.33. The molecule has 1 aromatic carbocycles. The summed E-state index contributed by atoms with van der Waals surface area (Å²) in [6.45, 7) is 4.72. The summed E-state index contributed by atoms with van der Waals surface area (Å²) in [5.74, 6) is 2.59. The van der Waals surface area contributed by atoms with E-state index in [2.05, 4.69) is 29.2 Å². The van der Waals surface area contributed by atoms with E-state index in [4.69, 9.17) is 9.47 Å². The number of guanidine groups is 1. The Kier molecular flexibility index (Phi) is 8.88. The molecule has 0 atom stereocenters. The zero-order valence-electron chi connectivity index (χ0n) is 14.3. The van der Waals surface area contributed by atoms with Gasteiger partial charge in [0.2, 0.25) is 0 Å². The summed E-state index contributed by atoms with van der Waals surface area (Å²) in [4.78, 5) is 6.45. The van der Waals surface area contributed by atoms with E-state index in [1.807, 2.05) is 31.3 Å². The number of methoxy groups -OCH3 is 1. The van der Waals surface area contributed by atoms with Crippen LogP contribution in [-0.2, 0) is 0 Å². The van der Waals surface area contributed by atoms with Crippen molar-refractivity contribution >= 4 is 5.96 Å². The summed E-state index contributed by atoms with van der Waals surface area (Å²) in [6.07, 6.45) is 3.28. The molecule has 5 heteroatoms. The molecular formula is C17H29N3O2. The lowest BCUT2D eigenvalue weighted by atomic mass is 10.3. The number of aliphatic imine (C=N–C) groups is 1. The van der Waals surface area contributed by atoms with Gasteiger partial charge >= 0.3 is 0 Å². The average Bonchev–Trinajstić information content (AvgIpc) is 2.56. The monoisotopic (exact) mass is 307 g/mol. The van der Waals surface area contributed by atoms with Crippen molar-refractivity contribution in [1.29, 1.82) is 0 Å². The molecule has 0 fully saturated rings. The van der Waals surface area contributed by atoms with E-state index in [0.717, 1.165) is 37.0 Å². The fourth-order valence-electron chi connectivity index (χ4n) is 2.04. The van der Waals surface area contributed by atoms with Crippen molar-refractivity contribution in [2.24, 2.45) is 4.99 Å². The van der Waals surface area contributed by atoms with Crippen molar-refractivity contribution in [1.82, 2.24) is 10.2 Å². The fraction of sp³-hybridized carbons (Fsp3) is 0.588. The van der Waals surface area contributed by atoms with Crippen molar-refractivity contribution < 1.29 is 9.47 Å². The first-order valence-corrected chi connectivity index (χ1v) is 7.90. The van der Waals surface area contributed by atoms with Gasteiger partial charge in [-0.3, -0.25) is 4.99 Å². The average molecular weight is 307 g/mol. The highest BCUT2D eigenvalue weighted by molar-refractivity contribution is 5.79. The summed E-state index contributed by atoms with van der Waals surface area (Å²) in [5.41, 5.74) is 0. The summed E-state index contributed by atoms with van der Waals surface area (Å²) in [7, 11) is 5.54. The summed E-state index contributed by atoms with van der Waals surface area (Å²) in [6, 6.07) is 7.67. The number of unbranched alkanes of at least 4 members (excludes halogenated alkanes) is 1. The number of rotatable bonds is 9. The first-order chi connectivity index (χ1) is 10.7. The van der Waals surface area contributed by atoms with Crippen LogP contribution in [0.5, 0.6) is 11.5 Å². The van der Waals surface area contributed by atoms with Crippen LogP contribution in [0.2, 0.25) is 0 Å². The topological polar surface area (TPSA) is 46.1 Å². The molecule has 0 bridgehead atoms. The highest BCUT2D eigenvalue weighted by Crippen LogP contribution is 2.18. The second-order valence-corrected chi connectivity index (χ2v) is 5.13. The van der Waals surface area contributed by atoms with Crippen LogP contribution in [0.4, 0.5) is 0 Å². The lowest BCUT2D eigenvalue weighted by Gasteiger charge is -2.21. The van der Waals surface area contributed by atoms with Crippen LogP contribution in [0.15, 0.2) is 29.3 Å². The number of hydrogen-bond acceptors (Lipinski definition) is 3.